The molecule has 1 amide bonds. The van der Waals surface area contributed by atoms with Crippen LogP contribution in [0.3, 0.4) is 0 Å². The average molecular weight is 226 g/mol. The second-order valence-electron chi connectivity index (χ2n) is 3.82. The van der Waals surface area contributed by atoms with Gasteiger partial charge < -0.3 is 10.3 Å². The molecular weight excluding hydrogens is 216 g/mol. The third-order valence-electron chi connectivity index (χ3n) is 2.60. The van der Waals surface area contributed by atoms with Gasteiger partial charge in [-0.25, -0.2) is 9.97 Å². The number of anilines is 1. The third-order valence-corrected chi connectivity index (χ3v) is 2.60. The first kappa shape index (κ1) is 9.77. The molecular formula is C12H10N4O. The molecule has 0 atom stereocenters. The summed E-state index contributed by atoms with van der Waals surface area (Å²) in [6, 6.07) is 3.78. The zero-order valence-corrected chi connectivity index (χ0v) is 9.19. The fourth-order valence-electron chi connectivity index (χ4n) is 1.79. The zero-order chi connectivity index (χ0) is 11.8. The minimum Gasteiger partial charge on any atom is -0.362 e. The predicted molar refractivity (Wildman–Crippen MR) is 64.1 cm³/mol. The van der Waals surface area contributed by atoms with E-state index in [4.69, 9.17) is 0 Å². The summed E-state index contributed by atoms with van der Waals surface area (Å²) in [7, 11) is 0. The molecule has 1 aliphatic rings. The van der Waals surface area contributed by atoms with Gasteiger partial charge >= 0.3 is 0 Å². The number of aromatic nitrogens is 3. The lowest BCUT2D eigenvalue weighted by Gasteiger charge is -1.97. The molecule has 3 rings (SSSR count). The number of rotatable bonds is 1. The number of carbonyl (C=O) groups is 1. The predicted octanol–water partition coefficient (Wildman–Crippen LogP) is 1.61. The van der Waals surface area contributed by atoms with Gasteiger partial charge in [-0.3, -0.25) is 4.79 Å². The molecule has 0 radical (unpaired) electrons. The number of aromatic amines is 1. The van der Waals surface area contributed by atoms with Crippen LogP contribution in [0.1, 0.15) is 17.1 Å². The molecule has 1 aliphatic heterocycles. The Hall–Kier alpha value is -2.43. The van der Waals surface area contributed by atoms with E-state index in [0.717, 1.165) is 11.3 Å². The van der Waals surface area contributed by atoms with E-state index in [1.807, 2.05) is 18.3 Å². The van der Waals surface area contributed by atoms with Crippen LogP contribution in [-0.4, -0.2) is 20.9 Å². The summed E-state index contributed by atoms with van der Waals surface area (Å²) in [5, 5.41) is 2.73. The van der Waals surface area contributed by atoms with Gasteiger partial charge in [-0.15, -0.1) is 0 Å². The van der Waals surface area contributed by atoms with Crippen molar-refractivity contribution < 1.29 is 4.79 Å². The van der Waals surface area contributed by atoms with Gasteiger partial charge in [0.2, 0.25) is 0 Å². The maximum absolute atomic E-state index is 11.8. The van der Waals surface area contributed by atoms with Crippen LogP contribution < -0.4 is 5.32 Å². The molecule has 0 bridgehead atoms. The summed E-state index contributed by atoms with van der Waals surface area (Å²) in [5.74, 6) is 1.08. The number of H-pyrrole nitrogens is 1. The van der Waals surface area contributed by atoms with E-state index in [1.54, 1.807) is 19.2 Å². The first-order chi connectivity index (χ1) is 8.24. The number of fused-ring (bicyclic) bond motifs is 1. The van der Waals surface area contributed by atoms with Crippen LogP contribution >= 0.6 is 0 Å². The van der Waals surface area contributed by atoms with Crippen LogP contribution in [0.4, 0.5) is 5.82 Å². The number of nitrogens with one attached hydrogen (secondary N) is 2. The van der Waals surface area contributed by atoms with Crippen LogP contribution in [0.5, 0.6) is 0 Å². The van der Waals surface area contributed by atoms with Gasteiger partial charge in [-0.05, 0) is 25.1 Å². The van der Waals surface area contributed by atoms with Gasteiger partial charge in [0.05, 0.1) is 5.57 Å². The van der Waals surface area contributed by atoms with Crippen molar-refractivity contribution in [3.63, 3.8) is 0 Å². The summed E-state index contributed by atoms with van der Waals surface area (Å²) in [5.41, 5.74) is 2.21. The van der Waals surface area contributed by atoms with Crippen molar-refractivity contribution in [2.75, 3.05) is 5.32 Å². The fourth-order valence-corrected chi connectivity index (χ4v) is 1.79. The van der Waals surface area contributed by atoms with Gasteiger partial charge in [0.15, 0.2) is 0 Å². The molecule has 2 N–H and O–H groups in total. The van der Waals surface area contributed by atoms with E-state index in [9.17, 15) is 4.79 Å². The van der Waals surface area contributed by atoms with Gasteiger partial charge in [0.1, 0.15) is 11.6 Å². The van der Waals surface area contributed by atoms with Crippen LogP contribution in [-0.2, 0) is 4.79 Å². The molecule has 0 fully saturated rings. The Kier molecular flexibility index (Phi) is 2.04. The third kappa shape index (κ3) is 1.61. The normalized spacial score (nSPS) is 16.1. The standard InChI is InChI=1S/C12H10N4O/c1-7-14-6-10-9(5-8-3-2-4-13-8)12(17)16-11(10)15-7/h2-6,13H,1H3,(H,14,15,16,17). The van der Waals surface area contributed by atoms with Crippen LogP contribution in [0.15, 0.2) is 24.5 Å². The van der Waals surface area contributed by atoms with E-state index in [2.05, 4.69) is 20.3 Å². The quantitative estimate of drug-likeness (QED) is 0.725. The van der Waals surface area contributed by atoms with Crippen molar-refractivity contribution in [1.29, 1.82) is 0 Å². The topological polar surface area (TPSA) is 70.7 Å². The Labute approximate surface area is 97.6 Å². The molecule has 5 nitrogen and oxygen atoms in total. The summed E-state index contributed by atoms with van der Waals surface area (Å²) in [4.78, 5) is 23.1. The SMILES string of the molecule is Cc1ncc2c(n1)NC(=O)C2=Cc1ccc[nH]1. The first-order valence-electron chi connectivity index (χ1n) is 5.24. The minimum atomic E-state index is -0.144. The molecule has 2 aromatic heterocycles. The Morgan fingerprint density at radius 3 is 3.06 bits per heavy atom. The van der Waals surface area contributed by atoms with Gasteiger partial charge in [0, 0.05) is 23.7 Å². The zero-order valence-electron chi connectivity index (χ0n) is 9.19. The van der Waals surface area contributed by atoms with E-state index >= 15 is 0 Å². The van der Waals surface area contributed by atoms with Crippen molar-refractivity contribution in [3.8, 4) is 0 Å². The second-order valence-corrected chi connectivity index (χ2v) is 3.82. The summed E-state index contributed by atoms with van der Waals surface area (Å²) in [6.07, 6.45) is 5.27. The summed E-state index contributed by atoms with van der Waals surface area (Å²) < 4.78 is 0. The summed E-state index contributed by atoms with van der Waals surface area (Å²) >= 11 is 0. The van der Waals surface area contributed by atoms with Gasteiger partial charge in [-0.1, -0.05) is 0 Å². The van der Waals surface area contributed by atoms with E-state index in [-0.39, 0.29) is 5.91 Å². The maximum atomic E-state index is 11.8. The molecule has 17 heavy (non-hydrogen) atoms. The lowest BCUT2D eigenvalue weighted by molar-refractivity contribution is -0.110. The minimum absolute atomic E-state index is 0.144. The largest absolute Gasteiger partial charge is 0.362 e. The molecule has 0 aromatic carbocycles. The Morgan fingerprint density at radius 1 is 1.41 bits per heavy atom. The number of aryl methyl sites for hydroxylation is 1. The highest BCUT2D eigenvalue weighted by molar-refractivity contribution is 6.34. The van der Waals surface area contributed by atoms with Crippen molar-refractivity contribution in [1.82, 2.24) is 15.0 Å². The second kappa shape index (κ2) is 3.55. The monoisotopic (exact) mass is 226 g/mol. The van der Waals surface area contributed by atoms with Crippen molar-refractivity contribution in [3.05, 3.63) is 41.6 Å². The number of amides is 1. The molecule has 3 heterocycles. The fraction of sp³-hybridized carbons (Fsp3) is 0.0833. The van der Waals surface area contributed by atoms with Crippen molar-refractivity contribution >= 4 is 23.4 Å². The Morgan fingerprint density at radius 2 is 2.29 bits per heavy atom. The molecule has 0 aliphatic carbocycles. The number of carbonyl (C=O) groups excluding carboxylic acids is 1. The number of hydrogen-bond acceptors (Lipinski definition) is 3. The van der Waals surface area contributed by atoms with Gasteiger partial charge in [-0.2, -0.15) is 0 Å². The molecule has 0 spiro atoms. The van der Waals surface area contributed by atoms with E-state index in [1.165, 1.54) is 0 Å². The van der Waals surface area contributed by atoms with Crippen molar-refractivity contribution in [2.45, 2.75) is 6.92 Å². The smallest absolute Gasteiger partial charge is 0.257 e. The molecule has 0 unspecified atom stereocenters. The molecule has 0 saturated heterocycles. The van der Waals surface area contributed by atoms with Crippen LogP contribution in [0, 0.1) is 6.92 Å². The first-order valence-corrected chi connectivity index (χ1v) is 5.24. The molecule has 5 heteroatoms. The molecule has 2 aromatic rings. The van der Waals surface area contributed by atoms with Crippen molar-refractivity contribution in [2.24, 2.45) is 0 Å². The highest BCUT2D eigenvalue weighted by atomic mass is 16.2. The molecule has 84 valence electrons. The Bertz CT molecular complexity index is 613. The van der Waals surface area contributed by atoms with Gasteiger partial charge in [0.25, 0.3) is 5.91 Å². The molecule has 0 saturated carbocycles. The highest BCUT2D eigenvalue weighted by Crippen LogP contribution is 2.30. The lowest BCUT2D eigenvalue weighted by Crippen LogP contribution is -2.04. The van der Waals surface area contributed by atoms with Crippen LogP contribution in [0.25, 0.3) is 11.6 Å². The Balaban J connectivity index is 2.11. The summed E-state index contributed by atoms with van der Waals surface area (Å²) in [6.45, 7) is 1.79. The lowest BCUT2D eigenvalue weighted by atomic mass is 10.1. The van der Waals surface area contributed by atoms with E-state index < -0.39 is 0 Å². The number of hydrogen-bond donors (Lipinski definition) is 2. The van der Waals surface area contributed by atoms with Crippen LogP contribution in [0.2, 0.25) is 0 Å². The van der Waals surface area contributed by atoms with E-state index in [0.29, 0.717) is 17.2 Å². The number of nitrogens with zero attached hydrogens (tertiary/aromatic N) is 2. The average Bonchev–Trinajstić information content (AvgIpc) is 2.88. The maximum Gasteiger partial charge on any atom is 0.257 e. The highest BCUT2D eigenvalue weighted by Gasteiger charge is 2.25.